The Hall–Kier alpha value is -1.75. The summed E-state index contributed by atoms with van der Waals surface area (Å²) in [6.07, 6.45) is 3.27. The lowest BCUT2D eigenvalue weighted by Gasteiger charge is -2.17. The molecular weight excluding hydrogens is 268 g/mol. The smallest absolute Gasteiger partial charge is 0.255 e. The Balaban J connectivity index is 1.99. The van der Waals surface area contributed by atoms with E-state index in [1.165, 1.54) is 0 Å². The van der Waals surface area contributed by atoms with Crippen LogP contribution in [0.5, 0.6) is 5.75 Å². The molecule has 2 rings (SSSR count). The zero-order valence-electron chi connectivity index (χ0n) is 12.8. The molecule has 0 spiro atoms. The molecule has 0 unspecified atom stereocenters. The quantitative estimate of drug-likeness (QED) is 0.721. The predicted octanol–water partition coefficient (Wildman–Crippen LogP) is 2.21. The van der Waals surface area contributed by atoms with Crippen molar-refractivity contribution in [3.63, 3.8) is 0 Å². The highest BCUT2D eigenvalue weighted by atomic mass is 16.5. The number of carbonyl (C=O) groups excluding carboxylic acids is 1. The minimum atomic E-state index is -0.130. The van der Waals surface area contributed by atoms with E-state index in [-0.39, 0.29) is 11.3 Å². The minimum absolute atomic E-state index is 0.130. The van der Waals surface area contributed by atoms with E-state index in [4.69, 9.17) is 15.2 Å². The second-order valence-corrected chi connectivity index (χ2v) is 5.58. The molecule has 0 radical (unpaired) electrons. The summed E-state index contributed by atoms with van der Waals surface area (Å²) in [5.41, 5.74) is 7.09. The molecule has 0 aliphatic heterocycles. The number of benzene rings is 1. The number of nitrogens with one attached hydrogen (secondary N) is 1. The van der Waals surface area contributed by atoms with Gasteiger partial charge in [0.15, 0.2) is 5.75 Å². The number of carbonyl (C=O) groups is 1. The zero-order chi connectivity index (χ0) is 15.3. The molecule has 1 fully saturated rings. The van der Waals surface area contributed by atoms with Crippen molar-refractivity contribution in [1.82, 2.24) is 5.32 Å². The summed E-state index contributed by atoms with van der Waals surface area (Å²) in [6, 6.07) is 5.25. The zero-order valence-corrected chi connectivity index (χ0v) is 12.8. The van der Waals surface area contributed by atoms with E-state index in [0.717, 1.165) is 25.9 Å². The molecule has 0 atom stereocenters. The Labute approximate surface area is 125 Å². The number of ether oxygens (including phenoxy) is 2. The van der Waals surface area contributed by atoms with Crippen LogP contribution in [0.1, 0.15) is 36.5 Å². The molecule has 0 saturated heterocycles. The number of hydrogen-bond acceptors (Lipinski definition) is 4. The monoisotopic (exact) mass is 292 g/mol. The van der Waals surface area contributed by atoms with Crippen molar-refractivity contribution >= 4 is 11.6 Å². The summed E-state index contributed by atoms with van der Waals surface area (Å²) in [7, 11) is 1.70. The summed E-state index contributed by atoms with van der Waals surface area (Å²) in [5.74, 6) is 0.341. The van der Waals surface area contributed by atoms with Crippen molar-refractivity contribution < 1.29 is 14.3 Å². The van der Waals surface area contributed by atoms with Crippen molar-refractivity contribution in [1.29, 1.82) is 0 Å². The van der Waals surface area contributed by atoms with Gasteiger partial charge < -0.3 is 20.5 Å². The Morgan fingerprint density at radius 1 is 1.43 bits per heavy atom. The van der Waals surface area contributed by atoms with Crippen molar-refractivity contribution in [3.05, 3.63) is 23.8 Å². The van der Waals surface area contributed by atoms with Gasteiger partial charge in [0.2, 0.25) is 0 Å². The summed E-state index contributed by atoms with van der Waals surface area (Å²) in [4.78, 5) is 12.4. The molecule has 3 N–H and O–H groups in total. The fourth-order valence-corrected chi connectivity index (χ4v) is 2.41. The standard InChI is InChI=1S/C16H24N2O3/c1-3-21-14-12(5-4-6-13(14)17)15(19)18-11-16(7-8-16)9-10-20-2/h4-6H,3,7-11,17H2,1-2H3,(H,18,19). The number of rotatable bonds is 8. The van der Waals surface area contributed by atoms with Gasteiger partial charge >= 0.3 is 0 Å². The van der Waals surface area contributed by atoms with Crippen LogP contribution < -0.4 is 15.8 Å². The van der Waals surface area contributed by atoms with Crippen LogP contribution in [-0.2, 0) is 4.74 Å². The first-order chi connectivity index (χ1) is 10.1. The molecule has 0 bridgehead atoms. The third-order valence-corrected chi connectivity index (χ3v) is 4.00. The second-order valence-electron chi connectivity index (χ2n) is 5.58. The van der Waals surface area contributed by atoms with E-state index in [0.29, 0.717) is 30.2 Å². The second kappa shape index (κ2) is 6.80. The molecular formula is C16H24N2O3. The molecule has 1 aliphatic rings. The third-order valence-electron chi connectivity index (χ3n) is 4.00. The van der Waals surface area contributed by atoms with Gasteiger partial charge in [-0.05, 0) is 43.7 Å². The first kappa shape index (κ1) is 15.6. The van der Waals surface area contributed by atoms with Gasteiger partial charge in [0.25, 0.3) is 5.91 Å². The maximum Gasteiger partial charge on any atom is 0.255 e. The lowest BCUT2D eigenvalue weighted by molar-refractivity contribution is 0.0934. The van der Waals surface area contributed by atoms with Crippen molar-refractivity contribution in [2.75, 3.05) is 32.6 Å². The maximum atomic E-state index is 12.4. The molecule has 5 nitrogen and oxygen atoms in total. The number of anilines is 1. The Kier molecular flexibility index (Phi) is 5.07. The molecule has 5 heteroatoms. The van der Waals surface area contributed by atoms with E-state index >= 15 is 0 Å². The van der Waals surface area contributed by atoms with E-state index in [1.54, 1.807) is 25.3 Å². The van der Waals surface area contributed by atoms with Crippen LogP contribution >= 0.6 is 0 Å². The predicted molar refractivity (Wildman–Crippen MR) is 82.5 cm³/mol. The number of para-hydroxylation sites is 1. The topological polar surface area (TPSA) is 73.6 Å². The largest absolute Gasteiger partial charge is 0.491 e. The Morgan fingerprint density at radius 2 is 2.19 bits per heavy atom. The van der Waals surface area contributed by atoms with E-state index in [2.05, 4.69) is 5.32 Å². The van der Waals surface area contributed by atoms with Crippen molar-refractivity contribution in [3.8, 4) is 5.75 Å². The maximum absolute atomic E-state index is 12.4. The molecule has 1 aromatic rings. The number of nitrogen functional groups attached to an aromatic ring is 1. The minimum Gasteiger partial charge on any atom is -0.491 e. The number of amides is 1. The lowest BCUT2D eigenvalue weighted by Crippen LogP contribution is -2.31. The van der Waals surface area contributed by atoms with Gasteiger partial charge in [-0.2, -0.15) is 0 Å². The average molecular weight is 292 g/mol. The first-order valence-corrected chi connectivity index (χ1v) is 7.40. The van der Waals surface area contributed by atoms with Crippen LogP contribution in [-0.4, -0.2) is 32.8 Å². The van der Waals surface area contributed by atoms with Crippen LogP contribution in [0.15, 0.2) is 18.2 Å². The summed E-state index contributed by atoms with van der Waals surface area (Å²) in [6.45, 7) is 3.76. The normalized spacial score (nSPS) is 15.5. The van der Waals surface area contributed by atoms with Gasteiger partial charge in [0, 0.05) is 20.3 Å². The molecule has 0 heterocycles. The molecule has 1 aliphatic carbocycles. The molecule has 0 aromatic heterocycles. The van der Waals surface area contributed by atoms with Gasteiger partial charge in [-0.25, -0.2) is 0 Å². The molecule has 1 saturated carbocycles. The van der Waals surface area contributed by atoms with E-state index in [1.807, 2.05) is 6.92 Å². The van der Waals surface area contributed by atoms with Crippen molar-refractivity contribution in [2.45, 2.75) is 26.2 Å². The highest BCUT2D eigenvalue weighted by Gasteiger charge is 2.42. The highest BCUT2D eigenvalue weighted by Crippen LogP contribution is 2.48. The van der Waals surface area contributed by atoms with E-state index < -0.39 is 0 Å². The lowest BCUT2D eigenvalue weighted by atomic mass is 10.0. The van der Waals surface area contributed by atoms with Gasteiger partial charge in [0.05, 0.1) is 17.9 Å². The van der Waals surface area contributed by atoms with Crippen molar-refractivity contribution in [2.24, 2.45) is 5.41 Å². The van der Waals surface area contributed by atoms with Gasteiger partial charge in [0.1, 0.15) is 0 Å². The highest BCUT2D eigenvalue weighted by molar-refractivity contribution is 5.98. The SMILES string of the molecule is CCOc1c(N)cccc1C(=O)NCC1(CCOC)CC1. The fraction of sp³-hybridized carbons (Fsp3) is 0.562. The van der Waals surface area contributed by atoms with Crippen LogP contribution in [0, 0.1) is 5.41 Å². The van der Waals surface area contributed by atoms with Crippen LogP contribution in [0.4, 0.5) is 5.69 Å². The first-order valence-electron chi connectivity index (χ1n) is 7.40. The summed E-state index contributed by atoms with van der Waals surface area (Å²) in [5, 5.41) is 3.01. The molecule has 21 heavy (non-hydrogen) atoms. The third kappa shape index (κ3) is 3.88. The average Bonchev–Trinajstić information content (AvgIpc) is 3.25. The Bertz CT molecular complexity index is 498. The summed E-state index contributed by atoms with van der Waals surface area (Å²) >= 11 is 0. The van der Waals surface area contributed by atoms with Crippen LogP contribution in [0.3, 0.4) is 0 Å². The van der Waals surface area contributed by atoms with E-state index in [9.17, 15) is 4.79 Å². The molecule has 1 amide bonds. The van der Waals surface area contributed by atoms with Gasteiger partial charge in [-0.15, -0.1) is 0 Å². The number of hydrogen-bond donors (Lipinski definition) is 2. The van der Waals surface area contributed by atoms with Gasteiger partial charge in [-0.1, -0.05) is 6.07 Å². The Morgan fingerprint density at radius 3 is 2.81 bits per heavy atom. The van der Waals surface area contributed by atoms with Gasteiger partial charge in [-0.3, -0.25) is 4.79 Å². The number of methoxy groups -OCH3 is 1. The molecule has 116 valence electrons. The fourth-order valence-electron chi connectivity index (χ4n) is 2.41. The summed E-state index contributed by atoms with van der Waals surface area (Å²) < 4.78 is 10.6. The van der Waals surface area contributed by atoms with Crippen LogP contribution in [0.25, 0.3) is 0 Å². The molecule has 1 aromatic carbocycles. The van der Waals surface area contributed by atoms with Crippen LogP contribution in [0.2, 0.25) is 0 Å². The number of nitrogens with two attached hydrogens (primary N) is 1.